The van der Waals surface area contributed by atoms with E-state index in [1.807, 2.05) is 0 Å². The summed E-state index contributed by atoms with van der Waals surface area (Å²) in [6.07, 6.45) is 1.36. The number of rotatable bonds is 1. The third kappa shape index (κ3) is 1.74. The molecule has 2 rings (SSSR count). The van der Waals surface area contributed by atoms with Crippen molar-refractivity contribution in [1.29, 1.82) is 0 Å². The lowest BCUT2D eigenvalue weighted by atomic mass is 10.2. The zero-order valence-corrected chi connectivity index (χ0v) is 9.14. The van der Waals surface area contributed by atoms with Gasteiger partial charge in [0.1, 0.15) is 0 Å². The van der Waals surface area contributed by atoms with Gasteiger partial charge in [-0.25, -0.2) is 22.5 Å². The molecule has 0 aliphatic carbocycles. The Bertz CT molecular complexity index is 608. The van der Waals surface area contributed by atoms with Crippen molar-refractivity contribution in [3.63, 3.8) is 0 Å². The number of hydrogen-bond acceptors (Lipinski definition) is 2. The van der Waals surface area contributed by atoms with E-state index >= 15 is 0 Å². The second-order valence-corrected chi connectivity index (χ2v) is 3.95. The smallest absolute Gasteiger partial charge is 0.217 e. The van der Waals surface area contributed by atoms with Gasteiger partial charge in [-0.2, -0.15) is 4.39 Å². The normalized spacial score (nSPS) is 11.2. The van der Waals surface area contributed by atoms with E-state index in [1.54, 1.807) is 0 Å². The molecule has 1 aromatic carbocycles. The predicted octanol–water partition coefficient (Wildman–Crippen LogP) is 3.65. The van der Waals surface area contributed by atoms with Gasteiger partial charge in [0.05, 0.1) is 15.8 Å². The van der Waals surface area contributed by atoms with Gasteiger partial charge in [-0.15, -0.1) is 11.8 Å². The summed E-state index contributed by atoms with van der Waals surface area (Å²) in [6.45, 7) is 0. The van der Waals surface area contributed by atoms with E-state index in [9.17, 15) is 22.0 Å². The molecule has 0 radical (unpaired) electrons. The van der Waals surface area contributed by atoms with Crippen LogP contribution in [-0.2, 0) is 0 Å². The van der Waals surface area contributed by atoms with Gasteiger partial charge in [0.25, 0.3) is 5.95 Å². The second-order valence-electron chi connectivity index (χ2n) is 3.13. The van der Waals surface area contributed by atoms with Gasteiger partial charge in [-0.3, -0.25) is 0 Å². The highest BCUT2D eigenvalue weighted by atomic mass is 32.2. The molecule has 0 atom stereocenters. The summed E-state index contributed by atoms with van der Waals surface area (Å²) >= 11 is 0.684. The van der Waals surface area contributed by atoms with E-state index in [4.69, 9.17) is 0 Å². The van der Waals surface area contributed by atoms with Crippen LogP contribution >= 0.6 is 11.8 Å². The first-order chi connectivity index (χ1) is 7.97. The van der Waals surface area contributed by atoms with Crippen LogP contribution in [-0.4, -0.2) is 11.2 Å². The molecule has 0 bridgehead atoms. The van der Waals surface area contributed by atoms with Crippen LogP contribution in [0.1, 0.15) is 0 Å². The molecular weight excluding hydrogens is 261 g/mol. The highest BCUT2D eigenvalue weighted by molar-refractivity contribution is 7.98. The first-order valence-corrected chi connectivity index (χ1v) is 5.56. The molecule has 0 spiro atoms. The molecule has 2 aromatic rings. The summed E-state index contributed by atoms with van der Waals surface area (Å²) in [4.78, 5) is 2.60. The lowest BCUT2D eigenvalue weighted by Crippen LogP contribution is -2.00. The standard InChI is InChI=1S/C10H4F5NS/c1-17-9-5-4(16-10(15)8(9)14)2-3(11)6(12)7(5)13/h2H,1H3. The van der Waals surface area contributed by atoms with E-state index < -0.39 is 45.0 Å². The molecule has 0 saturated heterocycles. The minimum absolute atomic E-state index is 0.441. The molecule has 17 heavy (non-hydrogen) atoms. The quantitative estimate of drug-likeness (QED) is 0.338. The number of pyridine rings is 1. The number of aromatic nitrogens is 1. The largest absolute Gasteiger partial charge is 0.250 e. The van der Waals surface area contributed by atoms with Gasteiger partial charge in [0, 0.05) is 6.07 Å². The van der Waals surface area contributed by atoms with E-state index in [2.05, 4.69) is 4.98 Å². The van der Waals surface area contributed by atoms with Crippen LogP contribution < -0.4 is 0 Å². The zero-order valence-electron chi connectivity index (χ0n) is 8.32. The van der Waals surface area contributed by atoms with Gasteiger partial charge in [-0.1, -0.05) is 0 Å². The van der Waals surface area contributed by atoms with Crippen molar-refractivity contribution >= 4 is 22.7 Å². The van der Waals surface area contributed by atoms with Crippen molar-refractivity contribution in [2.24, 2.45) is 0 Å². The molecule has 90 valence electrons. The van der Waals surface area contributed by atoms with Crippen molar-refractivity contribution in [3.05, 3.63) is 35.3 Å². The number of thioether (sulfide) groups is 1. The predicted molar refractivity (Wildman–Crippen MR) is 53.3 cm³/mol. The third-order valence-electron chi connectivity index (χ3n) is 2.17. The average molecular weight is 265 g/mol. The summed E-state index contributed by atoms with van der Waals surface area (Å²) in [6, 6.07) is 0.524. The molecule has 0 aliphatic rings. The molecule has 0 unspecified atom stereocenters. The molecule has 1 nitrogen and oxygen atoms in total. The molecule has 0 saturated carbocycles. The summed E-state index contributed by atoms with van der Waals surface area (Å²) in [5.74, 6) is -7.67. The lowest BCUT2D eigenvalue weighted by molar-refractivity contribution is 0.445. The maximum Gasteiger partial charge on any atom is 0.250 e. The fourth-order valence-corrected chi connectivity index (χ4v) is 2.10. The minimum atomic E-state index is -1.74. The molecule has 1 aromatic heterocycles. The summed E-state index contributed by atoms with van der Waals surface area (Å²) < 4.78 is 65.7. The van der Waals surface area contributed by atoms with Crippen LogP contribution in [0.4, 0.5) is 22.0 Å². The van der Waals surface area contributed by atoms with Crippen molar-refractivity contribution in [3.8, 4) is 0 Å². The Kier molecular flexibility index (Phi) is 2.94. The molecule has 0 fully saturated rings. The Balaban J connectivity index is 3.02. The Morgan fingerprint density at radius 2 is 1.65 bits per heavy atom. The molecule has 0 aliphatic heterocycles. The Labute approximate surface area is 96.6 Å². The number of halogens is 5. The van der Waals surface area contributed by atoms with Gasteiger partial charge < -0.3 is 0 Å². The molecule has 1 heterocycles. The number of nitrogens with zero attached hydrogens (tertiary/aromatic N) is 1. The first-order valence-electron chi connectivity index (χ1n) is 4.33. The fourth-order valence-electron chi connectivity index (χ4n) is 1.44. The SMILES string of the molecule is CSc1c(F)c(F)nc2cc(F)c(F)c(F)c12. The van der Waals surface area contributed by atoms with E-state index in [-0.39, 0.29) is 0 Å². The van der Waals surface area contributed by atoms with Crippen LogP contribution in [0.5, 0.6) is 0 Å². The third-order valence-corrected chi connectivity index (χ3v) is 2.96. The Morgan fingerprint density at radius 3 is 2.24 bits per heavy atom. The van der Waals surface area contributed by atoms with Crippen molar-refractivity contribution in [1.82, 2.24) is 4.98 Å². The topological polar surface area (TPSA) is 12.9 Å². The second kappa shape index (κ2) is 4.14. The fraction of sp³-hybridized carbons (Fsp3) is 0.100. The van der Waals surface area contributed by atoms with E-state index in [0.717, 1.165) is 0 Å². The summed E-state index contributed by atoms with van der Waals surface area (Å²) in [7, 11) is 0. The van der Waals surface area contributed by atoms with Crippen molar-refractivity contribution in [2.75, 3.05) is 6.26 Å². The zero-order chi connectivity index (χ0) is 12.7. The highest BCUT2D eigenvalue weighted by Gasteiger charge is 2.22. The van der Waals surface area contributed by atoms with Gasteiger partial charge in [0.15, 0.2) is 23.3 Å². The molecule has 7 heteroatoms. The summed E-state index contributed by atoms with van der Waals surface area (Å²) in [5, 5.41) is -0.560. The van der Waals surface area contributed by atoms with Crippen molar-refractivity contribution in [2.45, 2.75) is 4.90 Å². The van der Waals surface area contributed by atoms with Crippen LogP contribution in [0.2, 0.25) is 0 Å². The van der Waals surface area contributed by atoms with Crippen LogP contribution in [0.25, 0.3) is 10.9 Å². The van der Waals surface area contributed by atoms with Crippen LogP contribution in [0.15, 0.2) is 11.0 Å². The maximum atomic E-state index is 13.5. The van der Waals surface area contributed by atoms with Gasteiger partial charge in [-0.05, 0) is 6.26 Å². The number of hydrogen-bond donors (Lipinski definition) is 0. The minimum Gasteiger partial charge on any atom is -0.217 e. The van der Waals surface area contributed by atoms with Crippen molar-refractivity contribution < 1.29 is 22.0 Å². The monoisotopic (exact) mass is 265 g/mol. The molecule has 0 amide bonds. The lowest BCUT2D eigenvalue weighted by Gasteiger charge is -2.07. The van der Waals surface area contributed by atoms with Gasteiger partial charge in [0.2, 0.25) is 0 Å². The van der Waals surface area contributed by atoms with Gasteiger partial charge >= 0.3 is 0 Å². The van der Waals surface area contributed by atoms with Crippen LogP contribution in [0, 0.1) is 29.2 Å². The summed E-state index contributed by atoms with van der Waals surface area (Å²) in [5.41, 5.74) is -0.468. The van der Waals surface area contributed by atoms with E-state index in [0.29, 0.717) is 17.8 Å². The Morgan fingerprint density at radius 1 is 1.00 bits per heavy atom. The number of benzene rings is 1. The average Bonchev–Trinajstić information content (AvgIpc) is 2.29. The number of fused-ring (bicyclic) bond motifs is 1. The van der Waals surface area contributed by atoms with E-state index in [1.165, 1.54) is 6.26 Å². The maximum absolute atomic E-state index is 13.5. The highest BCUT2D eigenvalue weighted by Crippen LogP contribution is 2.33. The Hall–Kier alpha value is -1.37. The molecular formula is C10H4F5NS. The van der Waals surface area contributed by atoms with Crippen LogP contribution in [0.3, 0.4) is 0 Å². The molecule has 0 N–H and O–H groups in total. The first kappa shape index (κ1) is 12.1.